The monoisotopic (exact) mass is 234 g/mol. The number of rotatable bonds is 7. The van der Waals surface area contributed by atoms with Crippen LogP contribution in [0.3, 0.4) is 0 Å². The Labute approximate surface area is 102 Å². The summed E-state index contributed by atoms with van der Waals surface area (Å²) in [6.07, 6.45) is 0.873. The fourth-order valence-electron chi connectivity index (χ4n) is 1.49. The van der Waals surface area contributed by atoms with E-state index in [-0.39, 0.29) is 19.3 Å². The summed E-state index contributed by atoms with van der Waals surface area (Å²) in [6.45, 7) is 2.82. The molecule has 2 N–H and O–H groups in total. The maximum Gasteiger partial charge on any atom is 0.174 e. The first-order valence-corrected chi connectivity index (χ1v) is 5.73. The van der Waals surface area contributed by atoms with E-state index in [0.717, 1.165) is 12.0 Å². The molecule has 4 nitrogen and oxygen atoms in total. The van der Waals surface area contributed by atoms with E-state index >= 15 is 0 Å². The largest absolute Gasteiger partial charge is 0.478 e. The van der Waals surface area contributed by atoms with Gasteiger partial charge in [0.15, 0.2) is 6.61 Å². The first-order valence-electron chi connectivity index (χ1n) is 5.73. The highest BCUT2D eigenvalue weighted by Gasteiger charge is 2.06. The molecular weight excluding hydrogens is 216 g/mol. The average Bonchev–Trinajstić information content (AvgIpc) is 2.38. The smallest absolute Gasteiger partial charge is 0.174 e. The van der Waals surface area contributed by atoms with Crippen molar-refractivity contribution in [2.24, 2.45) is 0 Å². The molecular formula is C13H18N2O2. The zero-order valence-electron chi connectivity index (χ0n) is 10.0. The summed E-state index contributed by atoms with van der Waals surface area (Å²) < 4.78 is 5.32. The minimum Gasteiger partial charge on any atom is -0.478 e. The molecule has 0 bridgehead atoms. The lowest BCUT2D eigenvalue weighted by molar-refractivity contribution is 0.237. The molecule has 0 aromatic heterocycles. The maximum atomic E-state index is 9.08. The van der Waals surface area contributed by atoms with Gasteiger partial charge in [0, 0.05) is 18.2 Å². The van der Waals surface area contributed by atoms with Crippen LogP contribution >= 0.6 is 0 Å². The third kappa shape index (κ3) is 4.43. The Morgan fingerprint density at radius 3 is 2.88 bits per heavy atom. The van der Waals surface area contributed by atoms with Gasteiger partial charge in [-0.2, -0.15) is 5.26 Å². The van der Waals surface area contributed by atoms with Gasteiger partial charge in [0.05, 0.1) is 6.61 Å². The lowest BCUT2D eigenvalue weighted by Crippen LogP contribution is -2.31. The van der Waals surface area contributed by atoms with Crippen molar-refractivity contribution in [1.82, 2.24) is 5.32 Å². The molecule has 17 heavy (non-hydrogen) atoms. The van der Waals surface area contributed by atoms with Crippen LogP contribution in [0.15, 0.2) is 24.3 Å². The van der Waals surface area contributed by atoms with Crippen molar-refractivity contribution >= 4 is 0 Å². The zero-order chi connectivity index (χ0) is 12.5. The van der Waals surface area contributed by atoms with Gasteiger partial charge >= 0.3 is 0 Å². The Morgan fingerprint density at radius 2 is 2.24 bits per heavy atom. The Bertz CT molecular complexity index is 370. The Morgan fingerprint density at radius 1 is 1.47 bits per heavy atom. The quantitative estimate of drug-likeness (QED) is 0.749. The first kappa shape index (κ1) is 13.5. The van der Waals surface area contributed by atoms with Crippen molar-refractivity contribution in [3.8, 4) is 11.8 Å². The molecule has 0 amide bonds. The van der Waals surface area contributed by atoms with Crippen molar-refractivity contribution in [2.75, 3.05) is 13.2 Å². The highest BCUT2D eigenvalue weighted by Crippen LogP contribution is 2.17. The summed E-state index contributed by atoms with van der Waals surface area (Å²) >= 11 is 0. The van der Waals surface area contributed by atoms with Crippen molar-refractivity contribution in [3.63, 3.8) is 0 Å². The van der Waals surface area contributed by atoms with Gasteiger partial charge in [-0.15, -0.1) is 0 Å². The van der Waals surface area contributed by atoms with Gasteiger partial charge in [0.25, 0.3) is 0 Å². The molecule has 1 aromatic carbocycles. The van der Waals surface area contributed by atoms with E-state index in [1.165, 1.54) is 0 Å². The third-order valence-electron chi connectivity index (χ3n) is 2.56. The van der Waals surface area contributed by atoms with Gasteiger partial charge in [0.1, 0.15) is 11.8 Å². The number of nitrogens with zero attached hydrogens (tertiary/aromatic N) is 1. The van der Waals surface area contributed by atoms with E-state index < -0.39 is 0 Å². The molecule has 1 rings (SSSR count). The fraction of sp³-hybridized carbons (Fsp3) is 0.462. The third-order valence-corrected chi connectivity index (χ3v) is 2.56. The number of hydrogen-bond acceptors (Lipinski definition) is 4. The summed E-state index contributed by atoms with van der Waals surface area (Å²) in [6, 6.07) is 9.64. The van der Waals surface area contributed by atoms with Crippen molar-refractivity contribution in [1.29, 1.82) is 5.26 Å². The van der Waals surface area contributed by atoms with E-state index in [9.17, 15) is 0 Å². The van der Waals surface area contributed by atoms with Crippen LogP contribution in [0.5, 0.6) is 5.75 Å². The molecule has 1 aromatic rings. The van der Waals surface area contributed by atoms with Crippen molar-refractivity contribution in [3.05, 3.63) is 29.8 Å². The predicted molar refractivity (Wildman–Crippen MR) is 65.6 cm³/mol. The molecule has 0 aliphatic rings. The molecule has 0 aliphatic carbocycles. The summed E-state index contributed by atoms with van der Waals surface area (Å²) in [5.74, 6) is 0.717. The summed E-state index contributed by atoms with van der Waals surface area (Å²) in [4.78, 5) is 0. The molecule has 92 valence electrons. The van der Waals surface area contributed by atoms with Crippen molar-refractivity contribution < 1.29 is 9.84 Å². The van der Waals surface area contributed by atoms with Crippen molar-refractivity contribution in [2.45, 2.75) is 25.9 Å². The SMILES string of the molecule is CCC(CO)NCc1ccccc1OCC#N. The van der Waals surface area contributed by atoms with Gasteiger partial charge in [-0.25, -0.2) is 0 Å². The first-order chi connectivity index (χ1) is 8.31. The van der Waals surface area contributed by atoms with E-state index in [4.69, 9.17) is 15.1 Å². The molecule has 0 heterocycles. The number of nitriles is 1. The minimum atomic E-state index is 0.0498. The van der Waals surface area contributed by atoms with E-state index in [2.05, 4.69) is 5.32 Å². The predicted octanol–water partition coefficient (Wildman–Crippen LogP) is 1.45. The zero-order valence-corrected chi connectivity index (χ0v) is 10.0. The normalized spacial score (nSPS) is 11.8. The van der Waals surface area contributed by atoms with E-state index in [1.807, 2.05) is 37.3 Å². The molecule has 4 heteroatoms. The van der Waals surface area contributed by atoms with Gasteiger partial charge in [-0.05, 0) is 12.5 Å². The van der Waals surface area contributed by atoms with Gasteiger partial charge in [-0.1, -0.05) is 25.1 Å². The second-order valence-electron chi connectivity index (χ2n) is 3.72. The van der Waals surface area contributed by atoms with Crippen LogP contribution in [0.4, 0.5) is 0 Å². The van der Waals surface area contributed by atoms with Crippen LogP contribution in [0, 0.1) is 11.3 Å². The average molecular weight is 234 g/mol. The molecule has 0 fully saturated rings. The number of ether oxygens (including phenoxy) is 1. The molecule has 0 saturated carbocycles. The summed E-state index contributed by atoms with van der Waals surface area (Å²) in [5.41, 5.74) is 0.995. The van der Waals surface area contributed by atoms with Gasteiger partial charge < -0.3 is 15.2 Å². The second-order valence-corrected chi connectivity index (χ2v) is 3.72. The molecule has 1 unspecified atom stereocenters. The van der Waals surface area contributed by atoms with Crippen LogP contribution in [0.2, 0.25) is 0 Å². The van der Waals surface area contributed by atoms with Crippen LogP contribution in [-0.4, -0.2) is 24.4 Å². The lowest BCUT2D eigenvalue weighted by Gasteiger charge is -2.15. The second kappa shape index (κ2) is 7.66. The standard InChI is InChI=1S/C13H18N2O2/c1-2-12(10-16)15-9-11-5-3-4-6-13(11)17-8-7-14/h3-6,12,15-16H,2,8-10H2,1H3. The van der Waals surface area contributed by atoms with Crippen LogP contribution < -0.4 is 10.1 Å². The van der Waals surface area contributed by atoms with Crippen LogP contribution in [-0.2, 0) is 6.54 Å². The molecule has 0 saturated heterocycles. The summed E-state index contributed by atoms with van der Waals surface area (Å²) in [5, 5.41) is 20.8. The Balaban J connectivity index is 2.60. The number of nitrogens with one attached hydrogen (secondary N) is 1. The number of benzene rings is 1. The maximum absolute atomic E-state index is 9.08. The van der Waals surface area contributed by atoms with Gasteiger partial charge in [0.2, 0.25) is 0 Å². The molecule has 0 radical (unpaired) electrons. The van der Waals surface area contributed by atoms with Crippen LogP contribution in [0.25, 0.3) is 0 Å². The summed E-state index contributed by atoms with van der Waals surface area (Å²) in [7, 11) is 0. The highest BCUT2D eigenvalue weighted by molar-refractivity contribution is 5.33. The molecule has 1 atom stereocenters. The van der Waals surface area contributed by atoms with Gasteiger partial charge in [-0.3, -0.25) is 0 Å². The minimum absolute atomic E-state index is 0.0498. The topological polar surface area (TPSA) is 65.3 Å². The van der Waals surface area contributed by atoms with Crippen LogP contribution in [0.1, 0.15) is 18.9 Å². The molecule has 0 spiro atoms. The van der Waals surface area contributed by atoms with E-state index in [0.29, 0.717) is 12.3 Å². The van der Waals surface area contributed by atoms with E-state index in [1.54, 1.807) is 0 Å². The molecule has 0 aliphatic heterocycles. The number of para-hydroxylation sites is 1. The number of hydrogen-bond donors (Lipinski definition) is 2. The Hall–Kier alpha value is -1.57. The fourth-order valence-corrected chi connectivity index (χ4v) is 1.49. The number of aliphatic hydroxyl groups excluding tert-OH is 1. The lowest BCUT2D eigenvalue weighted by atomic mass is 10.1. The number of aliphatic hydroxyl groups is 1. The Kier molecular flexibility index (Phi) is 6.08. The highest BCUT2D eigenvalue weighted by atomic mass is 16.5.